The van der Waals surface area contributed by atoms with E-state index in [2.05, 4.69) is 47.5 Å². The smallest absolute Gasteiger partial charge is 0.270 e. The maximum atomic E-state index is 13.5. The van der Waals surface area contributed by atoms with E-state index in [1.165, 1.54) is 39.8 Å². The van der Waals surface area contributed by atoms with Gasteiger partial charge in [0.2, 0.25) is 5.91 Å². The molecule has 1 saturated heterocycles. The largest absolute Gasteiger partial charge is 0.338 e. The van der Waals surface area contributed by atoms with Crippen LogP contribution in [0.25, 0.3) is 0 Å². The minimum absolute atomic E-state index is 0.0497. The average Bonchev–Trinajstić information content (AvgIpc) is 3.38. The van der Waals surface area contributed by atoms with Crippen LogP contribution in [0, 0.1) is 17.0 Å². The van der Waals surface area contributed by atoms with Gasteiger partial charge in [-0.2, -0.15) is 0 Å². The minimum Gasteiger partial charge on any atom is -0.338 e. The number of piperazine rings is 1. The van der Waals surface area contributed by atoms with Gasteiger partial charge in [0.25, 0.3) is 11.6 Å². The van der Waals surface area contributed by atoms with Crippen molar-refractivity contribution in [3.8, 4) is 0 Å². The highest BCUT2D eigenvalue weighted by Crippen LogP contribution is 2.37. The van der Waals surface area contributed by atoms with Crippen molar-refractivity contribution in [1.82, 2.24) is 14.7 Å². The van der Waals surface area contributed by atoms with Crippen LogP contribution in [0.1, 0.15) is 44.9 Å². The van der Waals surface area contributed by atoms with Crippen molar-refractivity contribution in [3.63, 3.8) is 0 Å². The zero-order valence-corrected chi connectivity index (χ0v) is 21.8. The Morgan fingerprint density at radius 2 is 1.86 bits per heavy atom. The van der Waals surface area contributed by atoms with Gasteiger partial charge >= 0.3 is 0 Å². The molecule has 192 valence electrons. The standard InChI is InChI=1S/C28H30N4O4S/c1-19-6-8-21(9-7-19)27-24-11-15-37-25(24)10-12-30(27)18-26(33)29-13-14-31(20(2)17-29)28(34)22-4-3-5-23(16-22)32(35)36/h3-9,11,15-16,20,27H,10,12-14,17-18H2,1-2H3/t20-,27+/m1/s1. The summed E-state index contributed by atoms with van der Waals surface area (Å²) in [6.45, 7) is 6.40. The highest BCUT2D eigenvalue weighted by atomic mass is 32.1. The Kier molecular flexibility index (Phi) is 7.08. The van der Waals surface area contributed by atoms with Crippen LogP contribution >= 0.6 is 11.3 Å². The van der Waals surface area contributed by atoms with Gasteiger partial charge in [-0.05, 0) is 48.9 Å². The average molecular weight is 519 g/mol. The van der Waals surface area contributed by atoms with Gasteiger partial charge in [-0.25, -0.2) is 0 Å². The molecule has 37 heavy (non-hydrogen) atoms. The molecule has 1 fully saturated rings. The van der Waals surface area contributed by atoms with Gasteiger partial charge in [0, 0.05) is 54.8 Å². The Balaban J connectivity index is 1.27. The number of aryl methyl sites for hydroxylation is 1. The van der Waals surface area contributed by atoms with E-state index < -0.39 is 4.92 Å². The highest BCUT2D eigenvalue weighted by Gasteiger charge is 2.35. The fourth-order valence-corrected chi connectivity index (χ4v) is 6.26. The molecule has 0 unspecified atom stereocenters. The fourth-order valence-electron chi connectivity index (χ4n) is 5.36. The van der Waals surface area contributed by atoms with E-state index in [4.69, 9.17) is 0 Å². The molecule has 3 heterocycles. The summed E-state index contributed by atoms with van der Waals surface area (Å²) in [5.74, 6) is -0.186. The van der Waals surface area contributed by atoms with Gasteiger partial charge in [0.1, 0.15) is 0 Å². The maximum Gasteiger partial charge on any atom is 0.270 e. The lowest BCUT2D eigenvalue weighted by atomic mass is 9.92. The summed E-state index contributed by atoms with van der Waals surface area (Å²) in [4.78, 5) is 44.4. The van der Waals surface area contributed by atoms with Gasteiger partial charge in [-0.3, -0.25) is 24.6 Å². The van der Waals surface area contributed by atoms with Crippen molar-refractivity contribution < 1.29 is 14.5 Å². The SMILES string of the molecule is Cc1ccc([C@H]2c3ccsc3CCN2CC(=O)N2CCN(C(=O)c3cccc([N+](=O)[O-])c3)[C@H](C)C2)cc1. The third-order valence-corrected chi connectivity index (χ3v) is 8.34. The Morgan fingerprint density at radius 3 is 2.59 bits per heavy atom. The molecule has 5 rings (SSSR count). The molecule has 2 amide bonds. The number of benzene rings is 2. The summed E-state index contributed by atoms with van der Waals surface area (Å²) in [6.07, 6.45) is 0.935. The molecular formula is C28H30N4O4S. The number of carbonyl (C=O) groups is 2. The topological polar surface area (TPSA) is 87.0 Å². The second kappa shape index (κ2) is 10.4. The number of amides is 2. The third kappa shape index (κ3) is 5.14. The number of carbonyl (C=O) groups excluding carboxylic acids is 2. The second-order valence-electron chi connectivity index (χ2n) is 9.83. The molecule has 2 aliphatic rings. The number of nitro groups is 1. The predicted molar refractivity (Wildman–Crippen MR) is 143 cm³/mol. The Bertz CT molecular complexity index is 1320. The maximum absolute atomic E-state index is 13.5. The van der Waals surface area contributed by atoms with Crippen LogP contribution in [0.3, 0.4) is 0 Å². The molecule has 0 saturated carbocycles. The third-order valence-electron chi connectivity index (χ3n) is 7.34. The van der Waals surface area contributed by atoms with Crippen LogP contribution in [0.2, 0.25) is 0 Å². The molecule has 2 atom stereocenters. The number of nitrogens with zero attached hydrogens (tertiary/aromatic N) is 4. The Labute approximate surface area is 220 Å². The van der Waals surface area contributed by atoms with Crippen molar-refractivity contribution in [3.05, 3.63) is 97.2 Å². The number of non-ortho nitro benzene ring substituents is 1. The first-order chi connectivity index (χ1) is 17.8. The molecule has 2 aromatic carbocycles. The highest BCUT2D eigenvalue weighted by molar-refractivity contribution is 7.10. The van der Waals surface area contributed by atoms with E-state index in [0.29, 0.717) is 31.7 Å². The van der Waals surface area contributed by atoms with E-state index >= 15 is 0 Å². The van der Waals surface area contributed by atoms with Crippen LogP contribution in [-0.2, 0) is 11.2 Å². The zero-order valence-electron chi connectivity index (χ0n) is 21.0. The van der Waals surface area contributed by atoms with Crippen LogP contribution in [0.4, 0.5) is 5.69 Å². The van der Waals surface area contributed by atoms with E-state index in [-0.39, 0.29) is 29.6 Å². The van der Waals surface area contributed by atoms with E-state index in [0.717, 1.165) is 13.0 Å². The molecule has 3 aromatic rings. The van der Waals surface area contributed by atoms with Crippen LogP contribution in [0.15, 0.2) is 60.0 Å². The summed E-state index contributed by atoms with van der Waals surface area (Å²) in [7, 11) is 0. The van der Waals surface area contributed by atoms with Crippen molar-refractivity contribution >= 4 is 28.8 Å². The van der Waals surface area contributed by atoms with Gasteiger partial charge in [-0.1, -0.05) is 35.9 Å². The van der Waals surface area contributed by atoms with Crippen molar-refractivity contribution in [2.24, 2.45) is 0 Å². The number of thiophene rings is 1. The van der Waals surface area contributed by atoms with Crippen molar-refractivity contribution in [2.75, 3.05) is 32.7 Å². The summed E-state index contributed by atoms with van der Waals surface area (Å²) in [5.41, 5.74) is 3.87. The molecule has 0 spiro atoms. The first-order valence-electron chi connectivity index (χ1n) is 12.5. The number of hydrogen-bond donors (Lipinski definition) is 0. The summed E-state index contributed by atoms with van der Waals surface area (Å²) < 4.78 is 0. The first kappa shape index (κ1) is 25.1. The molecule has 0 N–H and O–H groups in total. The second-order valence-corrected chi connectivity index (χ2v) is 10.8. The number of hydrogen-bond acceptors (Lipinski definition) is 6. The zero-order chi connectivity index (χ0) is 26.1. The van der Waals surface area contributed by atoms with Crippen LogP contribution in [-0.4, -0.2) is 70.2 Å². The molecule has 0 aliphatic carbocycles. The fraction of sp³-hybridized carbons (Fsp3) is 0.357. The van der Waals surface area contributed by atoms with Gasteiger partial charge in [0.15, 0.2) is 0 Å². The lowest BCUT2D eigenvalue weighted by Gasteiger charge is -2.42. The van der Waals surface area contributed by atoms with E-state index in [1.807, 2.05) is 11.8 Å². The Hall–Kier alpha value is -3.56. The molecule has 2 aliphatic heterocycles. The number of fused-ring (bicyclic) bond motifs is 1. The van der Waals surface area contributed by atoms with E-state index in [1.54, 1.807) is 22.3 Å². The molecular weight excluding hydrogens is 488 g/mol. The van der Waals surface area contributed by atoms with Crippen molar-refractivity contribution in [1.29, 1.82) is 0 Å². The van der Waals surface area contributed by atoms with Crippen LogP contribution < -0.4 is 0 Å². The first-order valence-corrected chi connectivity index (χ1v) is 13.4. The molecule has 0 radical (unpaired) electrons. The van der Waals surface area contributed by atoms with E-state index in [9.17, 15) is 19.7 Å². The lowest BCUT2D eigenvalue weighted by molar-refractivity contribution is -0.384. The summed E-state index contributed by atoms with van der Waals surface area (Å²) >= 11 is 1.78. The van der Waals surface area contributed by atoms with Gasteiger partial charge in [-0.15, -0.1) is 11.3 Å². The molecule has 0 bridgehead atoms. The predicted octanol–water partition coefficient (Wildman–Crippen LogP) is 4.29. The van der Waals surface area contributed by atoms with Gasteiger partial charge in [0.05, 0.1) is 17.5 Å². The van der Waals surface area contributed by atoms with Gasteiger partial charge < -0.3 is 9.80 Å². The summed E-state index contributed by atoms with van der Waals surface area (Å²) in [6, 6.07) is 16.4. The molecule has 1 aromatic heterocycles. The quantitative estimate of drug-likeness (QED) is 0.372. The van der Waals surface area contributed by atoms with Crippen molar-refractivity contribution in [2.45, 2.75) is 32.4 Å². The summed E-state index contributed by atoms with van der Waals surface area (Å²) in [5, 5.41) is 13.2. The lowest BCUT2D eigenvalue weighted by Crippen LogP contribution is -2.57. The monoisotopic (exact) mass is 518 g/mol. The molecule has 9 heteroatoms. The normalized spacial score (nSPS) is 19.9. The minimum atomic E-state index is -0.500. The number of nitro benzene ring substituents is 1. The molecule has 8 nitrogen and oxygen atoms in total. The number of rotatable bonds is 5. The van der Waals surface area contributed by atoms with Crippen LogP contribution in [0.5, 0.6) is 0 Å². The Morgan fingerprint density at radius 1 is 1.08 bits per heavy atom.